The first-order valence-electron chi connectivity index (χ1n) is 8.83. The average Bonchev–Trinajstić information content (AvgIpc) is 3.29. The molecule has 9 nitrogen and oxygen atoms in total. The maximum Gasteiger partial charge on any atom is 0.329 e. The number of carbonyl (C=O) groups is 3. The van der Waals surface area contributed by atoms with Crippen molar-refractivity contribution in [2.75, 3.05) is 25.8 Å². The number of para-hydroxylation sites is 1. The van der Waals surface area contributed by atoms with Gasteiger partial charge in [-0.1, -0.05) is 12.1 Å². The number of benzene rings is 2. The number of halogens is 1. The van der Waals surface area contributed by atoms with Crippen molar-refractivity contribution >= 4 is 29.6 Å². The summed E-state index contributed by atoms with van der Waals surface area (Å²) >= 11 is 0. The minimum absolute atomic E-state index is 0.0281. The SMILES string of the molecule is COc1cc(/C=C2/NC(=O)N(CC(=O)Nc3ccccc3F)C2=O)cc2c1OCO2. The maximum atomic E-state index is 13.7. The number of imide groups is 1. The average molecular weight is 413 g/mol. The van der Waals surface area contributed by atoms with Crippen LogP contribution in [0.25, 0.3) is 6.08 Å². The van der Waals surface area contributed by atoms with E-state index in [0.29, 0.717) is 22.8 Å². The van der Waals surface area contributed by atoms with E-state index in [1.54, 1.807) is 18.2 Å². The molecule has 0 unspecified atom stereocenters. The molecule has 2 aromatic rings. The number of urea groups is 1. The summed E-state index contributed by atoms with van der Waals surface area (Å²) in [5, 5.41) is 4.75. The van der Waals surface area contributed by atoms with Gasteiger partial charge in [0.1, 0.15) is 18.1 Å². The molecule has 0 saturated carbocycles. The largest absolute Gasteiger partial charge is 0.493 e. The molecule has 2 aromatic carbocycles. The van der Waals surface area contributed by atoms with E-state index in [2.05, 4.69) is 10.6 Å². The van der Waals surface area contributed by atoms with Crippen molar-refractivity contribution in [2.24, 2.45) is 0 Å². The fourth-order valence-corrected chi connectivity index (χ4v) is 3.01. The molecular formula is C20H16FN3O6. The van der Waals surface area contributed by atoms with Gasteiger partial charge in [0.15, 0.2) is 11.5 Å². The standard InChI is InChI=1S/C20H16FN3O6/c1-28-15-7-11(8-16-18(15)30-10-29-16)6-14-19(26)24(20(27)23-14)9-17(25)22-13-5-3-2-4-12(13)21/h2-8H,9-10H2,1H3,(H,22,25)(H,23,27)/b14-6+. The van der Waals surface area contributed by atoms with Gasteiger partial charge in [0.2, 0.25) is 18.4 Å². The minimum atomic E-state index is -0.761. The molecule has 30 heavy (non-hydrogen) atoms. The van der Waals surface area contributed by atoms with Crippen LogP contribution in [0.5, 0.6) is 17.2 Å². The van der Waals surface area contributed by atoms with E-state index in [1.165, 1.54) is 31.4 Å². The van der Waals surface area contributed by atoms with Crippen LogP contribution in [-0.4, -0.2) is 43.2 Å². The molecule has 2 heterocycles. The second kappa shape index (κ2) is 7.74. The lowest BCUT2D eigenvalue weighted by Gasteiger charge is -2.12. The van der Waals surface area contributed by atoms with Crippen LogP contribution in [0.3, 0.4) is 0 Å². The summed E-state index contributed by atoms with van der Waals surface area (Å²) in [5.74, 6) is -0.725. The molecule has 0 bridgehead atoms. The van der Waals surface area contributed by atoms with Crippen molar-refractivity contribution in [1.82, 2.24) is 10.2 Å². The van der Waals surface area contributed by atoms with Gasteiger partial charge in [-0.25, -0.2) is 14.1 Å². The highest BCUT2D eigenvalue weighted by Gasteiger charge is 2.35. The number of amides is 4. The zero-order valence-corrected chi connectivity index (χ0v) is 15.7. The minimum Gasteiger partial charge on any atom is -0.493 e. The maximum absolute atomic E-state index is 13.7. The summed E-state index contributed by atoms with van der Waals surface area (Å²) in [6.45, 7) is -0.521. The van der Waals surface area contributed by atoms with Gasteiger partial charge in [0, 0.05) is 0 Å². The summed E-state index contributed by atoms with van der Waals surface area (Å²) in [6.07, 6.45) is 1.43. The van der Waals surface area contributed by atoms with Gasteiger partial charge in [-0.05, 0) is 35.9 Å². The Kier molecular flexibility index (Phi) is 4.97. The number of nitrogens with one attached hydrogen (secondary N) is 2. The van der Waals surface area contributed by atoms with Crippen molar-refractivity contribution in [2.45, 2.75) is 0 Å². The third kappa shape index (κ3) is 3.62. The molecule has 0 radical (unpaired) electrons. The molecule has 2 aliphatic rings. The van der Waals surface area contributed by atoms with Crippen molar-refractivity contribution in [1.29, 1.82) is 0 Å². The zero-order valence-electron chi connectivity index (χ0n) is 15.7. The molecule has 0 atom stereocenters. The lowest BCUT2D eigenvalue weighted by atomic mass is 10.1. The number of anilines is 1. The Labute approximate surface area is 170 Å². The Bertz CT molecular complexity index is 1080. The Morgan fingerprint density at radius 2 is 2.10 bits per heavy atom. The quantitative estimate of drug-likeness (QED) is 0.574. The molecule has 1 fully saturated rings. The monoisotopic (exact) mass is 413 g/mol. The fraction of sp³-hybridized carbons (Fsp3) is 0.150. The van der Waals surface area contributed by atoms with E-state index in [0.717, 1.165) is 4.90 Å². The Balaban J connectivity index is 1.50. The van der Waals surface area contributed by atoms with Crippen molar-refractivity contribution < 1.29 is 33.0 Å². The van der Waals surface area contributed by atoms with Crippen LogP contribution in [0.15, 0.2) is 42.1 Å². The van der Waals surface area contributed by atoms with Crippen molar-refractivity contribution in [3.63, 3.8) is 0 Å². The van der Waals surface area contributed by atoms with Gasteiger partial charge in [-0.2, -0.15) is 0 Å². The number of rotatable bonds is 5. The number of hydrogen-bond donors (Lipinski definition) is 2. The molecule has 4 rings (SSSR count). The molecule has 154 valence electrons. The molecular weight excluding hydrogens is 397 g/mol. The van der Waals surface area contributed by atoms with Crippen LogP contribution in [0.4, 0.5) is 14.9 Å². The molecule has 2 N–H and O–H groups in total. The summed E-state index contributed by atoms with van der Waals surface area (Å²) in [4.78, 5) is 37.7. The van der Waals surface area contributed by atoms with Gasteiger partial charge in [0.25, 0.3) is 5.91 Å². The first-order chi connectivity index (χ1) is 14.5. The summed E-state index contributed by atoms with van der Waals surface area (Å²) in [7, 11) is 1.46. The highest BCUT2D eigenvalue weighted by atomic mass is 19.1. The Morgan fingerprint density at radius 3 is 2.87 bits per heavy atom. The molecule has 2 aliphatic heterocycles. The first-order valence-corrected chi connectivity index (χ1v) is 8.83. The Morgan fingerprint density at radius 1 is 1.30 bits per heavy atom. The molecule has 4 amide bonds. The molecule has 0 aliphatic carbocycles. The predicted octanol–water partition coefficient (Wildman–Crippen LogP) is 2.09. The molecule has 0 aromatic heterocycles. The van der Waals surface area contributed by atoms with E-state index < -0.39 is 30.2 Å². The zero-order chi connectivity index (χ0) is 21.3. The molecule has 10 heteroatoms. The highest BCUT2D eigenvalue weighted by molar-refractivity contribution is 6.16. The van der Waals surface area contributed by atoms with E-state index in [1.807, 2.05) is 0 Å². The van der Waals surface area contributed by atoms with E-state index in [-0.39, 0.29) is 18.2 Å². The van der Waals surface area contributed by atoms with Gasteiger partial charge >= 0.3 is 6.03 Å². The number of nitrogens with zero attached hydrogens (tertiary/aromatic N) is 1. The van der Waals surface area contributed by atoms with Crippen molar-refractivity contribution in [3.8, 4) is 17.2 Å². The number of ether oxygens (including phenoxy) is 3. The fourth-order valence-electron chi connectivity index (χ4n) is 3.01. The molecule has 0 spiro atoms. The Hall–Kier alpha value is -4.08. The summed E-state index contributed by atoms with van der Waals surface area (Å²) in [5.41, 5.74) is 0.454. The van der Waals surface area contributed by atoms with E-state index >= 15 is 0 Å². The second-order valence-electron chi connectivity index (χ2n) is 6.36. The van der Waals surface area contributed by atoms with Gasteiger partial charge in [-0.15, -0.1) is 0 Å². The normalized spacial score (nSPS) is 16.1. The topological polar surface area (TPSA) is 106 Å². The van der Waals surface area contributed by atoms with Crippen LogP contribution in [0.1, 0.15) is 5.56 Å². The van der Waals surface area contributed by atoms with Crippen LogP contribution < -0.4 is 24.8 Å². The van der Waals surface area contributed by atoms with Gasteiger partial charge < -0.3 is 24.8 Å². The van der Waals surface area contributed by atoms with Crippen LogP contribution >= 0.6 is 0 Å². The van der Waals surface area contributed by atoms with E-state index in [9.17, 15) is 18.8 Å². The number of carbonyl (C=O) groups excluding carboxylic acids is 3. The number of fused-ring (bicyclic) bond motifs is 1. The lowest BCUT2D eigenvalue weighted by molar-refractivity contribution is -0.127. The third-order valence-electron chi connectivity index (χ3n) is 4.40. The van der Waals surface area contributed by atoms with E-state index in [4.69, 9.17) is 14.2 Å². The van der Waals surface area contributed by atoms with Crippen molar-refractivity contribution in [3.05, 3.63) is 53.5 Å². The predicted molar refractivity (Wildman–Crippen MR) is 102 cm³/mol. The molecule has 1 saturated heterocycles. The lowest BCUT2D eigenvalue weighted by Crippen LogP contribution is -2.38. The third-order valence-corrected chi connectivity index (χ3v) is 4.40. The number of methoxy groups -OCH3 is 1. The number of hydrogen-bond acceptors (Lipinski definition) is 6. The van der Waals surface area contributed by atoms with Gasteiger partial charge in [-0.3, -0.25) is 9.59 Å². The summed E-state index contributed by atoms with van der Waals surface area (Å²) in [6, 6.07) is 8.07. The highest BCUT2D eigenvalue weighted by Crippen LogP contribution is 2.42. The smallest absolute Gasteiger partial charge is 0.329 e. The summed E-state index contributed by atoms with van der Waals surface area (Å²) < 4.78 is 29.6. The van der Waals surface area contributed by atoms with Crippen LogP contribution in [0.2, 0.25) is 0 Å². The van der Waals surface area contributed by atoms with Crippen LogP contribution in [-0.2, 0) is 9.59 Å². The van der Waals surface area contributed by atoms with Crippen LogP contribution in [0, 0.1) is 5.82 Å². The second-order valence-corrected chi connectivity index (χ2v) is 6.36. The first kappa shape index (κ1) is 19.2. The van der Waals surface area contributed by atoms with Gasteiger partial charge in [0.05, 0.1) is 12.8 Å².